The summed E-state index contributed by atoms with van der Waals surface area (Å²) in [6.07, 6.45) is 0. The summed E-state index contributed by atoms with van der Waals surface area (Å²) in [5.74, 6) is -1.52. The Bertz CT molecular complexity index is 1200. The Morgan fingerprint density at radius 3 is 2.41 bits per heavy atom. The lowest BCUT2D eigenvalue weighted by molar-refractivity contribution is -0.126. The highest BCUT2D eigenvalue weighted by Gasteiger charge is 2.43. The number of anilines is 1. The molecule has 1 heterocycles. The van der Waals surface area contributed by atoms with Gasteiger partial charge in [-0.2, -0.15) is 0 Å². The Hall–Kier alpha value is -3.66. The van der Waals surface area contributed by atoms with Gasteiger partial charge in [0.05, 0.1) is 19.3 Å². The van der Waals surface area contributed by atoms with E-state index in [-0.39, 0.29) is 28.3 Å². The van der Waals surface area contributed by atoms with Gasteiger partial charge in [0.25, 0.3) is 15.9 Å². The lowest BCUT2D eigenvalue weighted by Gasteiger charge is -2.16. The van der Waals surface area contributed by atoms with Crippen molar-refractivity contribution in [1.82, 2.24) is 4.31 Å². The van der Waals surface area contributed by atoms with E-state index in [1.807, 2.05) is 0 Å². The Kier molecular flexibility index (Phi) is 6.64. The summed E-state index contributed by atoms with van der Waals surface area (Å²) in [7, 11) is -2.74. The van der Waals surface area contributed by atoms with E-state index in [4.69, 9.17) is 9.47 Å². The highest BCUT2D eigenvalue weighted by molar-refractivity contribution is 7.99. The predicted octanol–water partition coefficient (Wildman–Crippen LogP) is 2.41. The molecule has 1 N–H and O–H groups in total. The summed E-state index contributed by atoms with van der Waals surface area (Å²) < 4.78 is 36.6. The first-order valence-electron chi connectivity index (χ1n) is 9.68. The fraction of sp³-hybridized carbons (Fsp3) is 0.227. The number of rotatable bonds is 7. The van der Waals surface area contributed by atoms with Crippen molar-refractivity contribution in [2.75, 3.05) is 25.6 Å². The van der Waals surface area contributed by atoms with E-state index in [0.717, 1.165) is 0 Å². The van der Waals surface area contributed by atoms with Gasteiger partial charge in [0.1, 0.15) is 17.2 Å². The summed E-state index contributed by atoms with van der Waals surface area (Å²) in [6, 6.07) is 12.3. The molecule has 9 nitrogen and oxygen atoms in total. The molecule has 10 heteroatoms. The minimum absolute atomic E-state index is 0.0206. The maximum Gasteiger partial charge on any atom is 0.338 e. The fourth-order valence-corrected chi connectivity index (χ4v) is 5.00. The molecule has 2 aromatic rings. The van der Waals surface area contributed by atoms with Gasteiger partial charge in [0.15, 0.2) is 0 Å². The van der Waals surface area contributed by atoms with Crippen LogP contribution in [0.5, 0.6) is 5.75 Å². The SMILES string of the molecule is CCOC(=O)c1cccc(NC(=O)CN2C(=O)C(C)=C(c3ccc(OC)cc3)S2(=O)=O)c1. The van der Waals surface area contributed by atoms with Gasteiger partial charge >= 0.3 is 5.97 Å². The van der Waals surface area contributed by atoms with Gasteiger partial charge in [0.2, 0.25) is 5.91 Å². The first-order chi connectivity index (χ1) is 15.2. The molecule has 2 aromatic carbocycles. The summed E-state index contributed by atoms with van der Waals surface area (Å²) in [6.45, 7) is 2.57. The average Bonchev–Trinajstić information content (AvgIpc) is 2.93. The number of nitrogens with zero attached hydrogens (tertiary/aromatic N) is 1. The number of carbonyl (C=O) groups is 3. The van der Waals surface area contributed by atoms with Crippen LogP contribution in [0.1, 0.15) is 29.8 Å². The number of hydrogen-bond acceptors (Lipinski definition) is 7. The molecule has 0 unspecified atom stereocenters. The summed E-state index contributed by atoms with van der Waals surface area (Å²) in [4.78, 5) is 36.9. The second kappa shape index (κ2) is 9.23. The van der Waals surface area contributed by atoms with Crippen molar-refractivity contribution < 1.29 is 32.3 Å². The topological polar surface area (TPSA) is 119 Å². The van der Waals surface area contributed by atoms with Crippen molar-refractivity contribution >= 4 is 38.4 Å². The minimum Gasteiger partial charge on any atom is -0.497 e. The minimum atomic E-state index is -4.23. The van der Waals surface area contributed by atoms with E-state index in [9.17, 15) is 22.8 Å². The van der Waals surface area contributed by atoms with Gasteiger partial charge in [-0.1, -0.05) is 6.07 Å². The second-order valence-corrected chi connectivity index (χ2v) is 8.65. The van der Waals surface area contributed by atoms with Crippen molar-refractivity contribution in [3.05, 3.63) is 65.2 Å². The van der Waals surface area contributed by atoms with Crippen LogP contribution in [0.25, 0.3) is 4.91 Å². The van der Waals surface area contributed by atoms with E-state index >= 15 is 0 Å². The predicted molar refractivity (Wildman–Crippen MR) is 117 cm³/mol. The van der Waals surface area contributed by atoms with E-state index in [0.29, 0.717) is 15.6 Å². The zero-order valence-electron chi connectivity index (χ0n) is 17.7. The second-order valence-electron chi connectivity index (χ2n) is 6.85. The van der Waals surface area contributed by atoms with Crippen LogP contribution in [0.3, 0.4) is 0 Å². The van der Waals surface area contributed by atoms with Gasteiger partial charge in [-0.15, -0.1) is 0 Å². The highest BCUT2D eigenvalue weighted by Crippen LogP contribution is 2.35. The molecule has 0 bridgehead atoms. The molecule has 0 aliphatic carbocycles. The molecule has 0 aromatic heterocycles. The highest BCUT2D eigenvalue weighted by atomic mass is 32.2. The van der Waals surface area contributed by atoms with Crippen LogP contribution in [-0.4, -0.2) is 50.8 Å². The van der Waals surface area contributed by atoms with Gasteiger partial charge in [-0.25, -0.2) is 17.5 Å². The number of ether oxygens (including phenoxy) is 2. The normalized spacial score (nSPS) is 15.0. The first-order valence-corrected chi connectivity index (χ1v) is 11.1. The number of hydrogen-bond donors (Lipinski definition) is 1. The van der Waals surface area contributed by atoms with Crippen LogP contribution < -0.4 is 10.1 Å². The van der Waals surface area contributed by atoms with Gasteiger partial charge in [-0.05, 0) is 61.9 Å². The molecule has 2 amide bonds. The Labute approximate surface area is 185 Å². The molecule has 1 aliphatic rings. The van der Waals surface area contributed by atoms with Crippen LogP contribution in [-0.2, 0) is 24.3 Å². The third kappa shape index (κ3) is 4.50. The summed E-state index contributed by atoms with van der Waals surface area (Å²) >= 11 is 0. The number of methoxy groups -OCH3 is 1. The zero-order chi connectivity index (χ0) is 23.5. The Balaban J connectivity index is 1.78. The van der Waals surface area contributed by atoms with Gasteiger partial charge < -0.3 is 14.8 Å². The summed E-state index contributed by atoms with van der Waals surface area (Å²) in [5.41, 5.74) is 0.840. The molecule has 0 saturated heterocycles. The number of carbonyl (C=O) groups excluding carboxylic acids is 3. The van der Waals surface area contributed by atoms with Crippen LogP contribution in [0, 0.1) is 0 Å². The third-order valence-corrected chi connectivity index (χ3v) is 6.67. The number of sulfonamides is 1. The van der Waals surface area contributed by atoms with Crippen molar-refractivity contribution in [2.24, 2.45) is 0 Å². The van der Waals surface area contributed by atoms with Crippen molar-refractivity contribution in [3.63, 3.8) is 0 Å². The molecular formula is C22H22N2O7S. The average molecular weight is 458 g/mol. The number of nitrogens with one attached hydrogen (secondary N) is 1. The fourth-order valence-electron chi connectivity index (χ4n) is 3.23. The third-order valence-electron chi connectivity index (χ3n) is 4.73. The first kappa shape index (κ1) is 23.0. The standard InChI is InChI=1S/C22H22N2O7S/c1-4-31-22(27)16-6-5-7-17(12-16)23-19(25)13-24-21(26)14(2)20(32(24,28)29)15-8-10-18(30-3)11-9-15/h5-12H,4,13H2,1-3H3,(H,23,25). The number of amides is 2. The van der Waals surface area contributed by atoms with Crippen molar-refractivity contribution in [2.45, 2.75) is 13.8 Å². The smallest absolute Gasteiger partial charge is 0.338 e. The van der Waals surface area contributed by atoms with E-state index in [1.165, 1.54) is 44.4 Å². The molecular weight excluding hydrogens is 436 g/mol. The number of esters is 1. The lowest BCUT2D eigenvalue weighted by atomic mass is 10.1. The van der Waals surface area contributed by atoms with Crippen LogP contribution in [0.15, 0.2) is 54.1 Å². The zero-order valence-corrected chi connectivity index (χ0v) is 18.6. The lowest BCUT2D eigenvalue weighted by Crippen LogP contribution is -2.38. The van der Waals surface area contributed by atoms with Crippen LogP contribution >= 0.6 is 0 Å². The molecule has 0 saturated carbocycles. The summed E-state index contributed by atoms with van der Waals surface area (Å²) in [5, 5.41) is 2.51. The molecule has 0 radical (unpaired) electrons. The van der Waals surface area contributed by atoms with E-state index in [1.54, 1.807) is 25.1 Å². The molecule has 3 rings (SSSR count). The molecule has 0 fully saturated rings. The Morgan fingerprint density at radius 2 is 1.78 bits per heavy atom. The molecule has 0 spiro atoms. The van der Waals surface area contributed by atoms with Gasteiger partial charge in [0, 0.05) is 11.3 Å². The molecule has 0 atom stereocenters. The van der Waals surface area contributed by atoms with Crippen LogP contribution in [0.2, 0.25) is 0 Å². The van der Waals surface area contributed by atoms with E-state index in [2.05, 4.69) is 5.32 Å². The maximum atomic E-state index is 13.0. The Morgan fingerprint density at radius 1 is 1.09 bits per heavy atom. The van der Waals surface area contributed by atoms with Crippen molar-refractivity contribution in [3.8, 4) is 5.75 Å². The van der Waals surface area contributed by atoms with Gasteiger partial charge in [-0.3, -0.25) is 9.59 Å². The molecule has 1 aliphatic heterocycles. The molecule has 168 valence electrons. The largest absolute Gasteiger partial charge is 0.497 e. The van der Waals surface area contributed by atoms with Crippen LogP contribution in [0.4, 0.5) is 5.69 Å². The number of benzene rings is 2. The maximum absolute atomic E-state index is 13.0. The quantitative estimate of drug-likeness (QED) is 0.633. The van der Waals surface area contributed by atoms with E-state index < -0.39 is 34.4 Å². The van der Waals surface area contributed by atoms with Crippen molar-refractivity contribution in [1.29, 1.82) is 0 Å². The monoisotopic (exact) mass is 458 g/mol. The molecule has 32 heavy (non-hydrogen) atoms.